The first-order chi connectivity index (χ1) is 16.4. The van der Waals surface area contributed by atoms with E-state index in [4.69, 9.17) is 0 Å². The van der Waals surface area contributed by atoms with Crippen molar-refractivity contribution in [2.45, 2.75) is 12.4 Å². The highest BCUT2D eigenvalue weighted by Gasteiger charge is 2.37. The summed E-state index contributed by atoms with van der Waals surface area (Å²) in [6.45, 7) is 0. The maximum Gasteiger partial charge on any atom is 0.416 e. The van der Waals surface area contributed by atoms with E-state index in [2.05, 4.69) is 4.98 Å². The summed E-state index contributed by atoms with van der Waals surface area (Å²) < 4.78 is 78.7. The predicted molar refractivity (Wildman–Crippen MR) is 119 cm³/mol. The smallest absolute Gasteiger partial charge is 0.416 e. The van der Waals surface area contributed by atoms with Gasteiger partial charge in [0.25, 0.3) is 5.91 Å². The Morgan fingerprint density at radius 2 is 1.43 bits per heavy atom. The Morgan fingerprint density at radius 3 is 2.09 bits per heavy atom. The highest BCUT2D eigenvalue weighted by atomic mass is 19.4. The number of nitrogens with one attached hydrogen (secondary N) is 2. The van der Waals surface area contributed by atoms with Crippen LogP contribution in [-0.4, -0.2) is 16.0 Å². The summed E-state index contributed by atoms with van der Waals surface area (Å²) in [6, 6.07) is 14.5. The van der Waals surface area contributed by atoms with Crippen LogP contribution in [0.1, 0.15) is 21.5 Å². The molecule has 0 fully saturated rings. The molecule has 5 aromatic rings. The third kappa shape index (κ3) is 4.01. The van der Waals surface area contributed by atoms with Crippen LogP contribution in [0.3, 0.4) is 0 Å². The SMILES string of the molecule is O=C(Nc1cc(C(F)(F)F)cc(C(F)(F)F)c1)c1cc2ccc3c4ccccc4[nH]c3c2cc1O. The molecule has 1 aromatic heterocycles. The highest BCUT2D eigenvalue weighted by Crippen LogP contribution is 2.38. The van der Waals surface area contributed by atoms with Crippen LogP contribution in [-0.2, 0) is 12.4 Å². The molecule has 35 heavy (non-hydrogen) atoms. The molecule has 0 radical (unpaired) electrons. The number of phenolic OH excluding ortho intramolecular Hbond substituents is 1. The van der Waals surface area contributed by atoms with Crippen molar-refractivity contribution in [3.05, 3.63) is 83.4 Å². The molecule has 1 heterocycles. The number of carbonyl (C=O) groups excluding carboxylic acids is 1. The predicted octanol–water partition coefficient (Wildman–Crippen LogP) is 7.47. The van der Waals surface area contributed by atoms with Crippen LogP contribution in [0, 0.1) is 0 Å². The zero-order valence-corrected chi connectivity index (χ0v) is 17.5. The number of hydrogen-bond acceptors (Lipinski definition) is 2. The van der Waals surface area contributed by atoms with Gasteiger partial charge in [-0.15, -0.1) is 0 Å². The van der Waals surface area contributed by atoms with E-state index in [1.807, 2.05) is 35.6 Å². The zero-order valence-electron chi connectivity index (χ0n) is 17.5. The number of alkyl halides is 6. The fourth-order valence-corrected chi connectivity index (χ4v) is 4.09. The minimum Gasteiger partial charge on any atom is -0.507 e. The summed E-state index contributed by atoms with van der Waals surface area (Å²) in [5.74, 6) is -1.54. The Morgan fingerprint density at radius 1 is 0.771 bits per heavy atom. The number of hydrogen-bond donors (Lipinski definition) is 3. The van der Waals surface area contributed by atoms with Crippen molar-refractivity contribution < 1.29 is 36.2 Å². The maximum atomic E-state index is 13.1. The molecule has 0 bridgehead atoms. The average molecular weight is 488 g/mol. The lowest BCUT2D eigenvalue weighted by molar-refractivity contribution is -0.143. The number of carbonyl (C=O) groups is 1. The van der Waals surface area contributed by atoms with Gasteiger partial charge in [0.2, 0.25) is 0 Å². The Kier molecular flexibility index (Phi) is 4.94. The fraction of sp³-hybridized carbons (Fsp3) is 0.0800. The first-order valence-corrected chi connectivity index (χ1v) is 10.2. The summed E-state index contributed by atoms with van der Waals surface area (Å²) in [4.78, 5) is 16.0. The standard InChI is InChI=1S/C25H14F6N2O2/c26-24(27,28)13-8-14(25(29,30)31)10-15(9-13)32-23(35)19-7-12-5-6-17-16-3-1-2-4-20(16)33-22(17)18(12)11-21(19)34/h1-11,33-34H,(H,32,35). The van der Waals surface area contributed by atoms with Crippen LogP contribution in [0.25, 0.3) is 32.6 Å². The van der Waals surface area contributed by atoms with Gasteiger partial charge in [-0.3, -0.25) is 4.79 Å². The molecule has 0 unspecified atom stereocenters. The quantitative estimate of drug-likeness (QED) is 0.226. The number of anilines is 1. The van der Waals surface area contributed by atoms with Crippen molar-refractivity contribution in [2.24, 2.45) is 0 Å². The molecule has 4 aromatic carbocycles. The van der Waals surface area contributed by atoms with Crippen molar-refractivity contribution in [2.75, 3.05) is 5.32 Å². The number of aromatic amines is 1. The summed E-state index contributed by atoms with van der Waals surface area (Å²) >= 11 is 0. The number of fused-ring (bicyclic) bond motifs is 5. The Labute approximate surface area is 192 Å². The monoisotopic (exact) mass is 488 g/mol. The van der Waals surface area contributed by atoms with Crippen molar-refractivity contribution in [3.8, 4) is 5.75 Å². The van der Waals surface area contributed by atoms with Gasteiger partial charge in [-0.1, -0.05) is 30.3 Å². The van der Waals surface area contributed by atoms with E-state index < -0.39 is 40.8 Å². The maximum absolute atomic E-state index is 13.1. The molecule has 0 aliphatic heterocycles. The second kappa shape index (κ2) is 7.66. The number of rotatable bonds is 2. The molecule has 10 heteroatoms. The number of benzene rings is 4. The molecule has 4 nitrogen and oxygen atoms in total. The fourth-order valence-electron chi connectivity index (χ4n) is 4.09. The van der Waals surface area contributed by atoms with Crippen LogP contribution >= 0.6 is 0 Å². The number of aromatic nitrogens is 1. The molecule has 0 saturated carbocycles. The van der Waals surface area contributed by atoms with E-state index in [0.29, 0.717) is 28.4 Å². The van der Waals surface area contributed by atoms with Gasteiger partial charge in [-0.2, -0.15) is 26.3 Å². The number of phenols is 1. The number of halogens is 6. The van der Waals surface area contributed by atoms with Gasteiger partial charge >= 0.3 is 12.4 Å². The van der Waals surface area contributed by atoms with E-state index in [1.165, 1.54) is 12.1 Å². The first kappa shape index (κ1) is 22.6. The van der Waals surface area contributed by atoms with Crippen LogP contribution in [0.5, 0.6) is 5.75 Å². The van der Waals surface area contributed by atoms with Crippen LogP contribution in [0.2, 0.25) is 0 Å². The molecule has 0 spiro atoms. The Hall–Kier alpha value is -4.21. The molecule has 1 amide bonds. The third-order valence-corrected chi connectivity index (χ3v) is 5.70. The molecule has 0 aliphatic carbocycles. The second-order valence-corrected chi connectivity index (χ2v) is 8.00. The lowest BCUT2D eigenvalue weighted by Crippen LogP contribution is -2.16. The lowest BCUT2D eigenvalue weighted by Gasteiger charge is -2.15. The molecule has 0 aliphatic rings. The van der Waals surface area contributed by atoms with Gasteiger partial charge in [0.05, 0.1) is 22.2 Å². The van der Waals surface area contributed by atoms with Crippen molar-refractivity contribution in [1.82, 2.24) is 4.98 Å². The number of aromatic hydroxyl groups is 1. The lowest BCUT2D eigenvalue weighted by atomic mass is 10.0. The van der Waals surface area contributed by atoms with Crippen molar-refractivity contribution in [3.63, 3.8) is 0 Å². The first-order valence-electron chi connectivity index (χ1n) is 10.2. The topological polar surface area (TPSA) is 65.1 Å². The molecule has 0 atom stereocenters. The second-order valence-electron chi connectivity index (χ2n) is 8.00. The van der Waals surface area contributed by atoms with Gasteiger partial charge in [0, 0.05) is 27.4 Å². The van der Waals surface area contributed by atoms with E-state index in [0.717, 1.165) is 16.3 Å². The van der Waals surface area contributed by atoms with E-state index in [-0.39, 0.29) is 11.6 Å². The van der Waals surface area contributed by atoms with Gasteiger partial charge < -0.3 is 15.4 Å². The van der Waals surface area contributed by atoms with E-state index in [1.54, 1.807) is 6.07 Å². The summed E-state index contributed by atoms with van der Waals surface area (Å²) in [7, 11) is 0. The Bertz CT molecular complexity index is 1600. The van der Waals surface area contributed by atoms with Gasteiger partial charge in [0.1, 0.15) is 5.75 Å². The molecular weight excluding hydrogens is 474 g/mol. The van der Waals surface area contributed by atoms with Gasteiger partial charge in [0.15, 0.2) is 0 Å². The molecular formula is C25H14F6N2O2. The normalized spacial score (nSPS) is 12.5. The molecule has 3 N–H and O–H groups in total. The van der Waals surface area contributed by atoms with Crippen molar-refractivity contribution >= 4 is 44.2 Å². The van der Waals surface area contributed by atoms with E-state index in [9.17, 15) is 36.2 Å². The summed E-state index contributed by atoms with van der Waals surface area (Å²) in [5.41, 5.74) is -2.57. The van der Waals surface area contributed by atoms with Crippen LogP contribution in [0.4, 0.5) is 32.0 Å². The molecule has 0 saturated heterocycles. The third-order valence-electron chi connectivity index (χ3n) is 5.70. The minimum atomic E-state index is -5.06. The van der Waals surface area contributed by atoms with Crippen molar-refractivity contribution in [1.29, 1.82) is 0 Å². The number of para-hydroxylation sites is 1. The highest BCUT2D eigenvalue weighted by molar-refractivity contribution is 6.18. The zero-order chi connectivity index (χ0) is 25.1. The minimum absolute atomic E-state index is 0.0330. The summed E-state index contributed by atoms with van der Waals surface area (Å²) in [5, 5.41) is 15.5. The Balaban J connectivity index is 1.57. The van der Waals surface area contributed by atoms with Crippen LogP contribution < -0.4 is 5.32 Å². The van der Waals surface area contributed by atoms with E-state index >= 15 is 0 Å². The molecule has 178 valence electrons. The van der Waals surface area contributed by atoms with Gasteiger partial charge in [-0.25, -0.2) is 0 Å². The van der Waals surface area contributed by atoms with Crippen LogP contribution in [0.15, 0.2) is 66.7 Å². The molecule has 5 rings (SSSR count). The largest absolute Gasteiger partial charge is 0.507 e. The van der Waals surface area contributed by atoms with Gasteiger partial charge in [-0.05, 0) is 41.8 Å². The number of H-pyrrole nitrogens is 1. The average Bonchev–Trinajstić information content (AvgIpc) is 3.16. The number of amides is 1. The summed E-state index contributed by atoms with van der Waals surface area (Å²) in [6.07, 6.45) is -10.1.